The number of carbonyl (C=O) groups excluding carboxylic acids is 1. The normalized spacial score (nSPS) is 19.6. The second kappa shape index (κ2) is 5.71. The Balaban J connectivity index is 1.63. The minimum absolute atomic E-state index is 0.0331. The van der Waals surface area contributed by atoms with Gasteiger partial charge in [-0.2, -0.15) is 0 Å². The number of fused-ring (bicyclic) bond motifs is 1. The van der Waals surface area contributed by atoms with Crippen LogP contribution in [0.25, 0.3) is 0 Å². The second-order valence-corrected chi connectivity index (χ2v) is 5.33. The highest BCUT2D eigenvalue weighted by Crippen LogP contribution is 2.34. The molecule has 3 rings (SSSR count). The summed E-state index contributed by atoms with van der Waals surface area (Å²) in [5.74, 6) is 1.45. The Bertz CT molecular complexity index is 498. The van der Waals surface area contributed by atoms with E-state index in [1.165, 1.54) is 19.3 Å². The highest BCUT2D eigenvalue weighted by molar-refractivity contribution is 5.94. The van der Waals surface area contributed by atoms with Gasteiger partial charge in [-0.25, -0.2) is 0 Å². The highest BCUT2D eigenvalue weighted by atomic mass is 16.7. The lowest BCUT2D eigenvalue weighted by Gasteiger charge is -2.31. The number of nitrogens with one attached hydrogen (secondary N) is 1. The standard InChI is InChI=1S/C15H20N2O3/c1-11(17-7-3-2-4-8-17)15(18)16-12-5-6-13-14(9-12)20-10-19-13/h5-6,9,11H,2-4,7-8,10H2,1H3,(H,16,18)/t11-/m0/s1. The lowest BCUT2D eigenvalue weighted by Crippen LogP contribution is -2.44. The van der Waals surface area contributed by atoms with E-state index in [-0.39, 0.29) is 18.7 Å². The summed E-state index contributed by atoms with van der Waals surface area (Å²) in [6, 6.07) is 5.38. The van der Waals surface area contributed by atoms with Crippen molar-refractivity contribution in [3.8, 4) is 11.5 Å². The number of piperidine rings is 1. The van der Waals surface area contributed by atoms with Crippen molar-refractivity contribution in [3.63, 3.8) is 0 Å². The quantitative estimate of drug-likeness (QED) is 0.919. The fourth-order valence-electron chi connectivity index (χ4n) is 2.69. The van der Waals surface area contributed by atoms with Crippen molar-refractivity contribution < 1.29 is 14.3 Å². The Labute approximate surface area is 118 Å². The van der Waals surface area contributed by atoms with E-state index < -0.39 is 0 Å². The van der Waals surface area contributed by atoms with Crippen LogP contribution in [0.1, 0.15) is 26.2 Å². The number of ether oxygens (including phenoxy) is 2. The summed E-state index contributed by atoms with van der Waals surface area (Å²) >= 11 is 0. The first-order valence-electron chi connectivity index (χ1n) is 7.18. The van der Waals surface area contributed by atoms with Crippen LogP contribution in [0.5, 0.6) is 11.5 Å². The lowest BCUT2D eigenvalue weighted by molar-refractivity contribution is -0.121. The molecule has 0 aromatic heterocycles. The number of amides is 1. The average Bonchev–Trinajstić information content (AvgIpc) is 2.95. The van der Waals surface area contributed by atoms with Gasteiger partial charge in [0.15, 0.2) is 11.5 Å². The molecule has 5 nitrogen and oxygen atoms in total. The van der Waals surface area contributed by atoms with Crippen molar-refractivity contribution in [2.45, 2.75) is 32.2 Å². The molecular formula is C15H20N2O3. The van der Waals surface area contributed by atoms with E-state index in [2.05, 4.69) is 10.2 Å². The Kier molecular flexibility index (Phi) is 3.78. The van der Waals surface area contributed by atoms with E-state index in [4.69, 9.17) is 9.47 Å². The number of carbonyl (C=O) groups is 1. The second-order valence-electron chi connectivity index (χ2n) is 5.33. The monoisotopic (exact) mass is 276 g/mol. The zero-order valence-electron chi connectivity index (χ0n) is 11.7. The third-order valence-electron chi connectivity index (χ3n) is 3.96. The maximum atomic E-state index is 12.3. The third-order valence-corrected chi connectivity index (χ3v) is 3.96. The van der Waals surface area contributed by atoms with E-state index in [9.17, 15) is 4.79 Å². The molecule has 108 valence electrons. The van der Waals surface area contributed by atoms with Gasteiger partial charge in [-0.1, -0.05) is 6.42 Å². The molecule has 1 aromatic carbocycles. The molecule has 0 radical (unpaired) electrons. The predicted molar refractivity (Wildman–Crippen MR) is 76.1 cm³/mol. The van der Waals surface area contributed by atoms with Crippen LogP contribution in [0.15, 0.2) is 18.2 Å². The molecule has 0 bridgehead atoms. The SMILES string of the molecule is C[C@@H](C(=O)Nc1ccc2c(c1)OCO2)N1CCCCC1. The topological polar surface area (TPSA) is 50.8 Å². The number of likely N-dealkylation sites (tertiary alicyclic amines) is 1. The highest BCUT2D eigenvalue weighted by Gasteiger charge is 2.23. The molecule has 0 saturated carbocycles. The van der Waals surface area contributed by atoms with Crippen LogP contribution >= 0.6 is 0 Å². The summed E-state index contributed by atoms with van der Waals surface area (Å²) in [6.07, 6.45) is 3.64. The molecule has 2 aliphatic heterocycles. The van der Waals surface area contributed by atoms with Gasteiger partial charge >= 0.3 is 0 Å². The van der Waals surface area contributed by atoms with Gasteiger partial charge in [-0.15, -0.1) is 0 Å². The molecule has 1 fully saturated rings. The molecule has 0 spiro atoms. The molecular weight excluding hydrogens is 256 g/mol. The predicted octanol–water partition coefficient (Wildman–Crippen LogP) is 2.23. The van der Waals surface area contributed by atoms with Crippen LogP contribution in [-0.4, -0.2) is 36.7 Å². The van der Waals surface area contributed by atoms with Crippen molar-refractivity contribution in [2.75, 3.05) is 25.2 Å². The summed E-state index contributed by atoms with van der Waals surface area (Å²) in [6.45, 7) is 4.23. The van der Waals surface area contributed by atoms with E-state index in [1.54, 1.807) is 0 Å². The minimum Gasteiger partial charge on any atom is -0.454 e. The van der Waals surface area contributed by atoms with Crippen LogP contribution in [0.4, 0.5) is 5.69 Å². The number of hydrogen-bond donors (Lipinski definition) is 1. The van der Waals surface area contributed by atoms with Crippen LogP contribution in [0, 0.1) is 0 Å². The van der Waals surface area contributed by atoms with Crippen LogP contribution in [0.3, 0.4) is 0 Å². The minimum atomic E-state index is -0.0966. The van der Waals surface area contributed by atoms with Gasteiger partial charge < -0.3 is 14.8 Å². The van der Waals surface area contributed by atoms with Crippen LogP contribution < -0.4 is 14.8 Å². The van der Waals surface area contributed by atoms with Crippen molar-refractivity contribution in [2.24, 2.45) is 0 Å². The van der Waals surface area contributed by atoms with Gasteiger partial charge in [0.25, 0.3) is 0 Å². The van der Waals surface area contributed by atoms with E-state index in [0.29, 0.717) is 5.75 Å². The molecule has 1 N–H and O–H groups in total. The molecule has 1 aromatic rings. The molecule has 20 heavy (non-hydrogen) atoms. The van der Waals surface area contributed by atoms with Gasteiger partial charge in [0, 0.05) is 11.8 Å². The maximum Gasteiger partial charge on any atom is 0.241 e. The van der Waals surface area contributed by atoms with Crippen LogP contribution in [-0.2, 0) is 4.79 Å². The third kappa shape index (κ3) is 2.72. The number of benzene rings is 1. The largest absolute Gasteiger partial charge is 0.454 e. The molecule has 0 unspecified atom stereocenters. The fourth-order valence-corrected chi connectivity index (χ4v) is 2.69. The smallest absolute Gasteiger partial charge is 0.241 e. The zero-order valence-corrected chi connectivity index (χ0v) is 11.7. The van der Waals surface area contributed by atoms with E-state index >= 15 is 0 Å². The molecule has 1 saturated heterocycles. The first-order chi connectivity index (χ1) is 9.74. The maximum absolute atomic E-state index is 12.3. The summed E-state index contributed by atoms with van der Waals surface area (Å²) in [5.41, 5.74) is 0.753. The van der Waals surface area contributed by atoms with Crippen molar-refractivity contribution in [3.05, 3.63) is 18.2 Å². The molecule has 1 atom stereocenters. The zero-order chi connectivity index (χ0) is 13.9. The number of anilines is 1. The van der Waals surface area contributed by atoms with Gasteiger partial charge in [-0.3, -0.25) is 9.69 Å². The van der Waals surface area contributed by atoms with Crippen molar-refractivity contribution >= 4 is 11.6 Å². The fraction of sp³-hybridized carbons (Fsp3) is 0.533. The number of hydrogen-bond acceptors (Lipinski definition) is 4. The van der Waals surface area contributed by atoms with Crippen molar-refractivity contribution in [1.82, 2.24) is 4.90 Å². The molecule has 2 heterocycles. The first-order valence-corrected chi connectivity index (χ1v) is 7.18. The molecule has 2 aliphatic rings. The van der Waals surface area contributed by atoms with Gasteiger partial charge in [0.2, 0.25) is 12.7 Å². The Hall–Kier alpha value is -1.75. The lowest BCUT2D eigenvalue weighted by atomic mass is 10.1. The average molecular weight is 276 g/mol. The molecule has 5 heteroatoms. The first kappa shape index (κ1) is 13.2. The molecule has 1 amide bonds. The summed E-state index contributed by atoms with van der Waals surface area (Å²) < 4.78 is 10.6. The van der Waals surface area contributed by atoms with E-state index in [0.717, 1.165) is 24.5 Å². The Morgan fingerprint density at radius 3 is 2.75 bits per heavy atom. The van der Waals surface area contributed by atoms with Gasteiger partial charge in [0.05, 0.1) is 6.04 Å². The Morgan fingerprint density at radius 1 is 1.20 bits per heavy atom. The summed E-state index contributed by atoms with van der Waals surface area (Å²) in [5, 5.41) is 2.95. The van der Waals surface area contributed by atoms with E-state index in [1.807, 2.05) is 25.1 Å². The van der Waals surface area contributed by atoms with Crippen molar-refractivity contribution in [1.29, 1.82) is 0 Å². The number of rotatable bonds is 3. The van der Waals surface area contributed by atoms with Gasteiger partial charge in [-0.05, 0) is 45.0 Å². The molecule has 0 aliphatic carbocycles. The van der Waals surface area contributed by atoms with Crippen LogP contribution in [0.2, 0.25) is 0 Å². The Morgan fingerprint density at radius 2 is 1.95 bits per heavy atom. The van der Waals surface area contributed by atoms with Gasteiger partial charge in [0.1, 0.15) is 0 Å². The number of nitrogens with zero attached hydrogens (tertiary/aromatic N) is 1. The summed E-state index contributed by atoms with van der Waals surface area (Å²) in [7, 11) is 0. The summed E-state index contributed by atoms with van der Waals surface area (Å²) in [4.78, 5) is 14.5.